The van der Waals surface area contributed by atoms with Crippen LogP contribution in [-0.4, -0.2) is 94.8 Å². The smallest absolute Gasteiger partial charge is 0.413 e. The van der Waals surface area contributed by atoms with Gasteiger partial charge in [-0.1, -0.05) is 0 Å². The molecule has 0 unspecified atom stereocenters. The number of halogens is 1. The first-order valence-electron chi connectivity index (χ1n) is 16.2. The van der Waals surface area contributed by atoms with Crippen molar-refractivity contribution >= 4 is 71.4 Å². The molecule has 308 valence electrons. The molecule has 4 rings (SSSR count). The summed E-state index contributed by atoms with van der Waals surface area (Å²) >= 11 is 0. The molecule has 56 heavy (non-hydrogen) atoms. The quantitative estimate of drug-likeness (QED) is 0.128. The maximum absolute atomic E-state index is 12.5. The molecule has 0 aliphatic heterocycles. The summed E-state index contributed by atoms with van der Waals surface area (Å²) in [6, 6.07) is 3.07. The minimum absolute atomic E-state index is 0. The molecule has 0 aromatic carbocycles. The topological polar surface area (TPSA) is 267 Å². The van der Waals surface area contributed by atoms with E-state index >= 15 is 0 Å². The minimum Gasteiger partial charge on any atom is -0.475 e. The number of ether oxygens (including phenoxy) is 4. The molecule has 0 aliphatic rings. The van der Waals surface area contributed by atoms with E-state index in [0.717, 1.165) is 0 Å². The second-order valence-corrected chi connectivity index (χ2v) is 13.6. The number of carbonyl (C=O) groups is 6. The molecule has 4 aromatic heterocycles. The lowest BCUT2D eigenvalue weighted by Gasteiger charge is -2.19. The summed E-state index contributed by atoms with van der Waals surface area (Å²) in [4.78, 5) is 76.8. The van der Waals surface area contributed by atoms with Crippen LogP contribution in [0, 0.1) is 0 Å². The van der Waals surface area contributed by atoms with Crippen LogP contribution in [0.25, 0.3) is 0 Å². The van der Waals surface area contributed by atoms with Crippen molar-refractivity contribution in [3.63, 3.8) is 0 Å². The number of carboxylic acid groups (broad SMARTS) is 1. The third-order valence-electron chi connectivity index (χ3n) is 6.48. The number of amides is 3. The van der Waals surface area contributed by atoms with E-state index in [9.17, 15) is 28.8 Å². The van der Waals surface area contributed by atoms with Crippen molar-refractivity contribution in [1.82, 2.24) is 28.2 Å². The van der Waals surface area contributed by atoms with E-state index in [1.807, 2.05) is 0 Å². The van der Waals surface area contributed by atoms with E-state index in [0.29, 0.717) is 22.8 Å². The summed E-state index contributed by atoms with van der Waals surface area (Å²) in [7, 11) is 9.16. The Bertz CT molecular complexity index is 2030. The number of hydrogen-bond donors (Lipinski definition) is 5. The number of nitrogen functional groups attached to an aromatic ring is 1. The minimum atomic E-state index is -1.16. The first kappa shape index (κ1) is 47.5. The van der Waals surface area contributed by atoms with Gasteiger partial charge in [0.1, 0.15) is 22.6 Å². The predicted molar refractivity (Wildman–Crippen MR) is 206 cm³/mol. The average Bonchev–Trinajstić information content (AvgIpc) is 3.79. The van der Waals surface area contributed by atoms with E-state index in [1.54, 1.807) is 85.7 Å². The lowest BCUT2D eigenvalue weighted by molar-refractivity contribution is 0.0581. The highest BCUT2D eigenvalue weighted by Crippen LogP contribution is 2.17. The highest BCUT2D eigenvalue weighted by molar-refractivity contribution is 6.03. The van der Waals surface area contributed by atoms with E-state index in [2.05, 4.69) is 35.4 Å². The summed E-state index contributed by atoms with van der Waals surface area (Å²) in [6.45, 7) is 10.4. The van der Waals surface area contributed by atoms with Crippen LogP contribution in [0.1, 0.15) is 83.8 Å². The van der Waals surface area contributed by atoms with Crippen LogP contribution in [0.15, 0.2) is 36.9 Å². The molecule has 4 aromatic rings. The van der Waals surface area contributed by atoms with Gasteiger partial charge in [0.05, 0.1) is 25.6 Å². The maximum Gasteiger partial charge on any atom is 0.413 e. The molecule has 0 fully saturated rings. The molecule has 0 spiro atoms. The third-order valence-corrected chi connectivity index (χ3v) is 6.48. The van der Waals surface area contributed by atoms with Crippen molar-refractivity contribution in [1.29, 1.82) is 0 Å². The Balaban J connectivity index is 0.000000461. The monoisotopic (exact) mass is 808 g/mol. The van der Waals surface area contributed by atoms with Gasteiger partial charge in [-0.3, -0.25) is 15.4 Å². The molecule has 3 amide bonds. The van der Waals surface area contributed by atoms with Crippen molar-refractivity contribution in [3.05, 3.63) is 60.0 Å². The molecule has 22 heteroatoms. The molecule has 0 saturated heterocycles. The summed E-state index contributed by atoms with van der Waals surface area (Å²) in [6.07, 6.45) is 4.78. The van der Waals surface area contributed by atoms with E-state index in [-0.39, 0.29) is 41.7 Å². The second-order valence-electron chi connectivity index (χ2n) is 13.6. The van der Waals surface area contributed by atoms with Gasteiger partial charge in [0.25, 0.3) is 5.91 Å². The Morgan fingerprint density at radius 1 is 0.643 bits per heavy atom. The zero-order chi connectivity index (χ0) is 42.0. The molecule has 0 aliphatic carbocycles. The van der Waals surface area contributed by atoms with Crippen LogP contribution >= 0.6 is 12.4 Å². The number of aromatic carboxylic acids is 1. The van der Waals surface area contributed by atoms with Gasteiger partial charge in [-0.2, -0.15) is 0 Å². The molecule has 6 N–H and O–H groups in total. The van der Waals surface area contributed by atoms with Crippen LogP contribution in [0.3, 0.4) is 0 Å². The fourth-order valence-corrected chi connectivity index (χ4v) is 4.30. The number of imidazole rings is 2. The lowest BCUT2D eigenvalue weighted by Crippen LogP contribution is -2.27. The van der Waals surface area contributed by atoms with Gasteiger partial charge in [-0.15, -0.1) is 12.4 Å². The number of nitrogens with one attached hydrogen (secondary N) is 3. The number of carbonyl (C=O) groups excluding carboxylic acids is 5. The number of aromatic nitrogens is 6. The van der Waals surface area contributed by atoms with E-state index < -0.39 is 41.2 Å². The average molecular weight is 809 g/mol. The second kappa shape index (κ2) is 19.7. The fourth-order valence-electron chi connectivity index (χ4n) is 4.30. The number of nitrogens with two attached hydrogens (primary N) is 1. The van der Waals surface area contributed by atoms with Crippen LogP contribution < -0.4 is 21.7 Å². The number of nitrogens with zero attached hydrogens (tertiary/aromatic N) is 6. The molecule has 0 saturated carbocycles. The molecular formula is C34H49ClN10O11. The number of hydrogen-bond acceptors (Lipinski definition) is 13. The molecular weight excluding hydrogens is 760 g/mol. The summed E-state index contributed by atoms with van der Waals surface area (Å²) < 4.78 is 25.3. The number of methoxy groups -OCH3 is 2. The normalized spacial score (nSPS) is 10.6. The van der Waals surface area contributed by atoms with Gasteiger partial charge in [-0.25, -0.2) is 33.9 Å². The fraction of sp³-hybridized carbons (Fsp3) is 0.412. The zero-order valence-electron chi connectivity index (χ0n) is 33.2. The van der Waals surface area contributed by atoms with Crippen LogP contribution in [-0.2, 0) is 47.1 Å². The van der Waals surface area contributed by atoms with Crippen molar-refractivity contribution < 1.29 is 52.8 Å². The number of esters is 2. The summed E-state index contributed by atoms with van der Waals surface area (Å²) in [5.74, 6) is -2.32. The van der Waals surface area contributed by atoms with Gasteiger partial charge in [0.15, 0.2) is 11.6 Å². The predicted octanol–water partition coefficient (Wildman–Crippen LogP) is 4.43. The first-order valence-corrected chi connectivity index (χ1v) is 16.2. The molecule has 21 nitrogen and oxygen atoms in total. The van der Waals surface area contributed by atoms with E-state index in [1.165, 1.54) is 53.4 Å². The van der Waals surface area contributed by atoms with Crippen molar-refractivity contribution in [2.24, 2.45) is 28.2 Å². The van der Waals surface area contributed by atoms with Gasteiger partial charge in [0.2, 0.25) is 11.6 Å². The Hall–Kier alpha value is -6.51. The van der Waals surface area contributed by atoms with Gasteiger partial charge < -0.3 is 53.4 Å². The van der Waals surface area contributed by atoms with Crippen LogP contribution in [0.4, 0.5) is 32.6 Å². The Labute approximate surface area is 328 Å². The number of carboxylic acids is 1. The van der Waals surface area contributed by atoms with Crippen molar-refractivity contribution in [2.75, 3.05) is 35.9 Å². The zero-order valence-corrected chi connectivity index (χ0v) is 34.0. The SMILES string of the molecule is COC(=O)c1cc(N)cn1C.COC(=O)c1cc(NC(=O)c2nc(NC(=O)OC(C)(C)C)cn2C)cn1C.Cl.Cn1cc(NC(=O)OC(C)(C)C)nc1C(=O)O. The largest absolute Gasteiger partial charge is 0.475 e. The van der Waals surface area contributed by atoms with Crippen molar-refractivity contribution in [3.8, 4) is 0 Å². The number of rotatable bonds is 7. The van der Waals surface area contributed by atoms with E-state index in [4.69, 9.17) is 20.3 Å². The van der Waals surface area contributed by atoms with Gasteiger partial charge in [0, 0.05) is 53.0 Å². The highest BCUT2D eigenvalue weighted by atomic mass is 35.5. The van der Waals surface area contributed by atoms with Gasteiger partial charge in [-0.05, 0) is 53.7 Å². The highest BCUT2D eigenvalue weighted by Gasteiger charge is 2.21. The molecule has 0 bridgehead atoms. The van der Waals surface area contributed by atoms with Gasteiger partial charge >= 0.3 is 30.1 Å². The molecule has 4 heterocycles. The number of anilines is 4. The number of aryl methyl sites for hydroxylation is 4. The standard InChI is InChI=1S/C17H23N5O5.C10H15N3O4.C7H10N2O2.ClH/c1-17(2,3)27-16(25)20-12-9-22(5)13(19-12)14(23)18-10-7-11(15(24)26-6)21(4)8-10;1-10(2,3)17-9(16)12-6-5-13(4)7(11-6)8(14)15;1-9-4-5(8)3-6(9)7(10)11-2;/h7-9H,1-6H3,(H,18,23)(H,20,25);5H,1-4H3,(H,12,16)(H,14,15);3-4H,8H2,1-2H3;1H. The Morgan fingerprint density at radius 3 is 1.43 bits per heavy atom. The van der Waals surface area contributed by atoms with Crippen molar-refractivity contribution in [2.45, 2.75) is 52.7 Å². The molecule has 0 radical (unpaired) electrons. The maximum atomic E-state index is 12.5. The third kappa shape index (κ3) is 14.7. The molecule has 0 atom stereocenters. The first-order chi connectivity index (χ1) is 25.3. The summed E-state index contributed by atoms with van der Waals surface area (Å²) in [5.41, 5.74) is 5.90. The lowest BCUT2D eigenvalue weighted by atomic mass is 10.2. The van der Waals surface area contributed by atoms with Crippen LogP contribution in [0.2, 0.25) is 0 Å². The Morgan fingerprint density at radius 2 is 1.05 bits per heavy atom. The van der Waals surface area contributed by atoms with Crippen LogP contribution in [0.5, 0.6) is 0 Å². The summed E-state index contributed by atoms with van der Waals surface area (Å²) in [5, 5.41) is 16.3. The Kier molecular flexibility index (Phi) is 16.7.